The summed E-state index contributed by atoms with van der Waals surface area (Å²) in [4.78, 5) is 0. The Bertz CT molecular complexity index is 526. The highest BCUT2D eigenvalue weighted by Gasteiger charge is 2.04. The molecule has 0 saturated carbocycles. The van der Waals surface area contributed by atoms with Crippen LogP contribution in [0.25, 0.3) is 0 Å². The molecule has 2 aromatic rings. The van der Waals surface area contributed by atoms with Gasteiger partial charge in [0.15, 0.2) is 0 Å². The number of methoxy groups -OCH3 is 1. The molecule has 0 saturated heterocycles. The van der Waals surface area contributed by atoms with Crippen LogP contribution < -0.4 is 4.74 Å². The summed E-state index contributed by atoms with van der Waals surface area (Å²) in [6.07, 6.45) is 5.52. The maximum Gasteiger partial charge on any atom is 0.119 e. The molecular formula is C14H18N2O2S. The summed E-state index contributed by atoms with van der Waals surface area (Å²) in [5, 5.41) is 6.67. The summed E-state index contributed by atoms with van der Waals surface area (Å²) in [7, 11) is 0.811. The average Bonchev–Trinajstić information content (AvgIpc) is 2.92. The van der Waals surface area contributed by atoms with E-state index in [0.717, 1.165) is 24.2 Å². The van der Waals surface area contributed by atoms with E-state index in [-0.39, 0.29) is 0 Å². The fourth-order valence-corrected chi connectivity index (χ4v) is 3.03. The van der Waals surface area contributed by atoms with Crippen LogP contribution in [-0.4, -0.2) is 27.3 Å². The number of aromatic amines is 1. The van der Waals surface area contributed by atoms with Gasteiger partial charge in [0.05, 0.1) is 13.3 Å². The highest BCUT2D eigenvalue weighted by Crippen LogP contribution is 2.14. The lowest BCUT2D eigenvalue weighted by Gasteiger charge is -2.04. The number of aromatic nitrogens is 2. The number of rotatable bonds is 7. The first-order valence-electron chi connectivity index (χ1n) is 6.23. The van der Waals surface area contributed by atoms with Crippen molar-refractivity contribution >= 4 is 10.8 Å². The number of hydrogen-bond acceptors (Lipinski definition) is 3. The van der Waals surface area contributed by atoms with Crippen LogP contribution in [-0.2, 0) is 23.0 Å². The zero-order chi connectivity index (χ0) is 13.5. The van der Waals surface area contributed by atoms with Crippen LogP contribution >= 0.6 is 0 Å². The Labute approximate surface area is 115 Å². The number of benzene rings is 1. The zero-order valence-electron chi connectivity index (χ0n) is 11.0. The fourth-order valence-electron chi connectivity index (χ4n) is 1.87. The molecule has 0 fully saturated rings. The molecule has 1 N–H and O–H groups in total. The molecule has 5 heteroatoms. The van der Waals surface area contributed by atoms with E-state index in [0.29, 0.717) is 11.5 Å². The van der Waals surface area contributed by atoms with Gasteiger partial charge >= 0.3 is 0 Å². The van der Waals surface area contributed by atoms with Crippen LogP contribution in [0.1, 0.15) is 17.5 Å². The molecule has 4 nitrogen and oxygen atoms in total. The van der Waals surface area contributed by atoms with Gasteiger partial charge in [0.2, 0.25) is 0 Å². The van der Waals surface area contributed by atoms with Crippen LogP contribution in [0.15, 0.2) is 36.7 Å². The lowest BCUT2D eigenvalue weighted by molar-refractivity contribution is 0.414. The van der Waals surface area contributed by atoms with Crippen molar-refractivity contribution in [2.45, 2.75) is 18.6 Å². The second-order valence-corrected chi connectivity index (χ2v) is 5.93. The highest BCUT2D eigenvalue weighted by molar-refractivity contribution is 7.84. The van der Waals surface area contributed by atoms with Crippen molar-refractivity contribution in [3.63, 3.8) is 0 Å². The standard InChI is InChI=1S/C14H18N2O2S/c1-18-14-6-2-4-12(8-14)11-19(17)7-3-5-13-9-15-16-10-13/h2,4,6,8-10H,3,5,7,11H2,1H3,(H,15,16)/t19-/m1/s1. The van der Waals surface area contributed by atoms with Crippen molar-refractivity contribution in [1.82, 2.24) is 10.2 Å². The zero-order valence-corrected chi connectivity index (χ0v) is 11.8. The van der Waals surface area contributed by atoms with Gasteiger partial charge in [-0.1, -0.05) is 12.1 Å². The third-order valence-corrected chi connectivity index (χ3v) is 4.25. The minimum Gasteiger partial charge on any atom is -0.497 e. The van der Waals surface area contributed by atoms with Gasteiger partial charge in [0.1, 0.15) is 5.75 Å². The fraction of sp³-hybridized carbons (Fsp3) is 0.357. The molecule has 1 atom stereocenters. The quantitative estimate of drug-likeness (QED) is 0.845. The lowest BCUT2D eigenvalue weighted by Crippen LogP contribution is -2.02. The summed E-state index contributed by atoms with van der Waals surface area (Å²) >= 11 is 0. The number of nitrogens with zero attached hydrogens (tertiary/aromatic N) is 1. The summed E-state index contributed by atoms with van der Waals surface area (Å²) in [5.41, 5.74) is 2.22. The van der Waals surface area contributed by atoms with E-state index in [1.807, 2.05) is 36.7 Å². The number of nitrogens with one attached hydrogen (secondary N) is 1. The molecule has 0 radical (unpaired) electrons. The Kier molecular flexibility index (Phi) is 5.15. The van der Waals surface area contributed by atoms with Gasteiger partial charge < -0.3 is 4.74 Å². The van der Waals surface area contributed by atoms with Crippen LogP contribution in [0.4, 0.5) is 0 Å². The van der Waals surface area contributed by atoms with Crippen LogP contribution in [0.5, 0.6) is 5.75 Å². The summed E-state index contributed by atoms with van der Waals surface area (Å²) < 4.78 is 17.1. The van der Waals surface area contributed by atoms with E-state index in [1.54, 1.807) is 7.11 Å². The van der Waals surface area contributed by atoms with Crippen LogP contribution in [0, 0.1) is 0 Å². The summed E-state index contributed by atoms with van der Waals surface area (Å²) in [5.74, 6) is 2.11. The monoisotopic (exact) mass is 278 g/mol. The van der Waals surface area contributed by atoms with Gasteiger partial charge in [0, 0.05) is 28.5 Å². The Morgan fingerprint density at radius 1 is 1.37 bits per heavy atom. The maximum absolute atomic E-state index is 12.0. The molecular weight excluding hydrogens is 260 g/mol. The number of hydrogen-bond donors (Lipinski definition) is 1. The molecule has 19 heavy (non-hydrogen) atoms. The number of ether oxygens (including phenoxy) is 1. The van der Waals surface area contributed by atoms with Crippen molar-refractivity contribution < 1.29 is 8.95 Å². The van der Waals surface area contributed by atoms with Gasteiger partial charge in [-0.3, -0.25) is 9.31 Å². The first kappa shape index (κ1) is 13.8. The van der Waals surface area contributed by atoms with Crippen LogP contribution in [0.2, 0.25) is 0 Å². The third kappa shape index (κ3) is 4.52. The van der Waals surface area contributed by atoms with Gasteiger partial charge in [-0.25, -0.2) is 0 Å². The molecule has 0 spiro atoms. The smallest absolute Gasteiger partial charge is 0.119 e. The molecule has 1 heterocycles. The molecule has 0 aliphatic carbocycles. The number of aryl methyl sites for hydroxylation is 1. The SMILES string of the molecule is COc1cccc(C[S@](=O)CCCc2cn[nH]c2)c1. The minimum absolute atomic E-state index is 0.586. The second-order valence-electron chi connectivity index (χ2n) is 4.35. The molecule has 1 aromatic carbocycles. The van der Waals surface area contributed by atoms with E-state index in [1.165, 1.54) is 5.56 Å². The average molecular weight is 278 g/mol. The molecule has 0 aliphatic heterocycles. The van der Waals surface area contributed by atoms with Gasteiger partial charge in [-0.15, -0.1) is 0 Å². The Balaban J connectivity index is 1.77. The Hall–Kier alpha value is -1.62. The topological polar surface area (TPSA) is 55.0 Å². The largest absolute Gasteiger partial charge is 0.497 e. The van der Waals surface area contributed by atoms with Crippen LogP contribution in [0.3, 0.4) is 0 Å². The van der Waals surface area contributed by atoms with E-state index >= 15 is 0 Å². The Morgan fingerprint density at radius 2 is 2.26 bits per heavy atom. The van der Waals surface area contributed by atoms with E-state index in [2.05, 4.69) is 10.2 Å². The molecule has 1 aromatic heterocycles. The second kappa shape index (κ2) is 7.09. The number of H-pyrrole nitrogens is 1. The molecule has 102 valence electrons. The van der Waals surface area contributed by atoms with Gasteiger partial charge in [-0.05, 0) is 36.1 Å². The van der Waals surface area contributed by atoms with Crippen molar-refractivity contribution in [2.75, 3.05) is 12.9 Å². The lowest BCUT2D eigenvalue weighted by atomic mass is 10.2. The molecule has 0 bridgehead atoms. The molecule has 0 unspecified atom stereocenters. The summed E-state index contributed by atoms with van der Waals surface area (Å²) in [6, 6.07) is 7.74. The van der Waals surface area contributed by atoms with E-state index in [4.69, 9.17) is 4.74 Å². The summed E-state index contributed by atoms with van der Waals surface area (Å²) in [6.45, 7) is 0. The van der Waals surface area contributed by atoms with Crippen molar-refractivity contribution in [3.05, 3.63) is 47.8 Å². The molecule has 0 amide bonds. The van der Waals surface area contributed by atoms with Crippen molar-refractivity contribution in [3.8, 4) is 5.75 Å². The van der Waals surface area contributed by atoms with Gasteiger partial charge in [-0.2, -0.15) is 5.10 Å². The Morgan fingerprint density at radius 3 is 3.00 bits per heavy atom. The van der Waals surface area contributed by atoms with E-state index < -0.39 is 10.8 Å². The third-order valence-electron chi connectivity index (χ3n) is 2.85. The molecule has 0 aliphatic rings. The highest BCUT2D eigenvalue weighted by atomic mass is 32.2. The predicted octanol–water partition coefficient (Wildman–Crippen LogP) is 2.30. The normalized spacial score (nSPS) is 12.3. The molecule has 2 rings (SSSR count). The van der Waals surface area contributed by atoms with Crippen molar-refractivity contribution in [1.29, 1.82) is 0 Å². The first-order chi connectivity index (χ1) is 9.28. The minimum atomic E-state index is -0.829. The van der Waals surface area contributed by atoms with Gasteiger partial charge in [0.25, 0.3) is 0 Å². The van der Waals surface area contributed by atoms with Crippen molar-refractivity contribution in [2.24, 2.45) is 0 Å². The predicted molar refractivity (Wildman–Crippen MR) is 76.6 cm³/mol. The first-order valence-corrected chi connectivity index (χ1v) is 7.72. The van der Waals surface area contributed by atoms with E-state index in [9.17, 15) is 4.21 Å². The maximum atomic E-state index is 12.0.